The maximum Gasteiger partial charge on any atom is 0.203 e. The summed E-state index contributed by atoms with van der Waals surface area (Å²) in [4.78, 5) is 0. The number of hydrogen-bond acceptors (Lipinski definition) is 3. The SMILES string of the molecule is Cc1ccc(C2(CS)OCCCO2)cc1. The van der Waals surface area contributed by atoms with Gasteiger partial charge in [-0.1, -0.05) is 29.8 Å². The lowest BCUT2D eigenvalue weighted by Crippen LogP contribution is -2.39. The van der Waals surface area contributed by atoms with Crippen LogP contribution in [0.5, 0.6) is 0 Å². The van der Waals surface area contributed by atoms with Crippen molar-refractivity contribution in [3.8, 4) is 0 Å². The monoisotopic (exact) mass is 224 g/mol. The van der Waals surface area contributed by atoms with Gasteiger partial charge in [-0.3, -0.25) is 0 Å². The van der Waals surface area contributed by atoms with Crippen LogP contribution in [-0.2, 0) is 15.3 Å². The van der Waals surface area contributed by atoms with Crippen molar-refractivity contribution in [1.82, 2.24) is 0 Å². The molecule has 0 aliphatic carbocycles. The van der Waals surface area contributed by atoms with Gasteiger partial charge in [0.05, 0.1) is 13.2 Å². The normalized spacial score (nSPS) is 20.1. The quantitative estimate of drug-likeness (QED) is 0.778. The molecule has 1 heterocycles. The van der Waals surface area contributed by atoms with E-state index in [0.29, 0.717) is 5.75 Å². The molecule has 2 rings (SSSR count). The molecule has 0 spiro atoms. The van der Waals surface area contributed by atoms with Crippen molar-refractivity contribution in [2.75, 3.05) is 19.0 Å². The third-order valence-corrected chi connectivity index (χ3v) is 3.07. The standard InChI is InChI=1S/C12H16O2S/c1-10-3-5-11(6-4-10)12(9-15)13-7-2-8-14-12/h3-6,15H,2,7-9H2,1H3. The van der Waals surface area contributed by atoms with Crippen LogP contribution in [0.2, 0.25) is 0 Å². The molecule has 1 fully saturated rings. The number of thiol groups is 1. The first-order chi connectivity index (χ1) is 7.27. The predicted octanol–water partition coefficient (Wildman–Crippen LogP) is 2.51. The molecule has 3 heteroatoms. The third-order valence-electron chi connectivity index (χ3n) is 2.66. The van der Waals surface area contributed by atoms with E-state index in [0.717, 1.165) is 25.2 Å². The number of ether oxygens (including phenoxy) is 2. The van der Waals surface area contributed by atoms with Crippen LogP contribution in [0.15, 0.2) is 24.3 Å². The van der Waals surface area contributed by atoms with E-state index in [1.165, 1.54) is 5.56 Å². The van der Waals surface area contributed by atoms with E-state index in [2.05, 4.69) is 43.8 Å². The first-order valence-corrected chi connectivity index (χ1v) is 5.86. The molecule has 1 saturated heterocycles. The highest BCUT2D eigenvalue weighted by molar-refractivity contribution is 7.80. The zero-order chi connectivity index (χ0) is 10.7. The largest absolute Gasteiger partial charge is 0.345 e. The first kappa shape index (κ1) is 11.0. The minimum Gasteiger partial charge on any atom is -0.345 e. The Balaban J connectivity index is 2.28. The van der Waals surface area contributed by atoms with Gasteiger partial charge in [0.15, 0.2) is 0 Å². The summed E-state index contributed by atoms with van der Waals surface area (Å²) in [5, 5.41) is 0. The van der Waals surface area contributed by atoms with Crippen LogP contribution >= 0.6 is 12.6 Å². The molecular weight excluding hydrogens is 208 g/mol. The third kappa shape index (κ3) is 2.19. The van der Waals surface area contributed by atoms with Crippen molar-refractivity contribution < 1.29 is 9.47 Å². The summed E-state index contributed by atoms with van der Waals surface area (Å²) in [6, 6.07) is 8.25. The van der Waals surface area contributed by atoms with Gasteiger partial charge < -0.3 is 9.47 Å². The molecule has 0 aromatic heterocycles. The molecule has 1 aliphatic heterocycles. The van der Waals surface area contributed by atoms with Crippen LogP contribution in [0.4, 0.5) is 0 Å². The Labute approximate surface area is 96.0 Å². The van der Waals surface area contributed by atoms with E-state index in [4.69, 9.17) is 9.47 Å². The van der Waals surface area contributed by atoms with Crippen LogP contribution in [0.25, 0.3) is 0 Å². The van der Waals surface area contributed by atoms with E-state index < -0.39 is 5.79 Å². The first-order valence-electron chi connectivity index (χ1n) is 5.23. The molecular formula is C12H16O2S. The molecule has 0 unspecified atom stereocenters. The van der Waals surface area contributed by atoms with Crippen LogP contribution in [0.1, 0.15) is 17.5 Å². The molecule has 82 valence electrons. The number of rotatable bonds is 2. The van der Waals surface area contributed by atoms with E-state index in [9.17, 15) is 0 Å². The second kappa shape index (κ2) is 4.56. The average molecular weight is 224 g/mol. The summed E-state index contributed by atoms with van der Waals surface area (Å²) < 4.78 is 11.5. The summed E-state index contributed by atoms with van der Waals surface area (Å²) in [5.74, 6) is -0.0783. The lowest BCUT2D eigenvalue weighted by molar-refractivity contribution is -0.261. The van der Waals surface area contributed by atoms with Gasteiger partial charge in [-0.2, -0.15) is 12.6 Å². The summed E-state index contributed by atoms with van der Waals surface area (Å²) in [7, 11) is 0. The average Bonchev–Trinajstić information content (AvgIpc) is 2.31. The smallest absolute Gasteiger partial charge is 0.203 e. The number of hydrogen-bond donors (Lipinski definition) is 1. The molecule has 1 aliphatic rings. The molecule has 0 amide bonds. The Morgan fingerprint density at radius 3 is 2.33 bits per heavy atom. The fraction of sp³-hybridized carbons (Fsp3) is 0.500. The lowest BCUT2D eigenvalue weighted by atomic mass is 10.0. The molecule has 0 bridgehead atoms. The summed E-state index contributed by atoms with van der Waals surface area (Å²) in [5.41, 5.74) is 2.30. The zero-order valence-electron chi connectivity index (χ0n) is 8.90. The molecule has 1 aromatic carbocycles. The summed E-state index contributed by atoms with van der Waals surface area (Å²) in [6.45, 7) is 3.56. The van der Waals surface area contributed by atoms with Gasteiger partial charge in [-0.05, 0) is 13.3 Å². The maximum atomic E-state index is 5.74. The highest BCUT2D eigenvalue weighted by Gasteiger charge is 2.35. The lowest BCUT2D eigenvalue weighted by Gasteiger charge is -2.36. The second-order valence-electron chi connectivity index (χ2n) is 3.83. The topological polar surface area (TPSA) is 18.5 Å². The molecule has 1 aromatic rings. The molecule has 0 N–H and O–H groups in total. The number of benzene rings is 1. The van der Waals surface area contributed by atoms with Gasteiger partial charge >= 0.3 is 0 Å². The van der Waals surface area contributed by atoms with Crippen molar-refractivity contribution in [3.63, 3.8) is 0 Å². The molecule has 0 radical (unpaired) electrons. The molecule has 15 heavy (non-hydrogen) atoms. The summed E-state index contributed by atoms with van der Waals surface area (Å²) in [6.07, 6.45) is 0.960. The zero-order valence-corrected chi connectivity index (χ0v) is 9.80. The predicted molar refractivity (Wildman–Crippen MR) is 63.2 cm³/mol. The van der Waals surface area contributed by atoms with E-state index >= 15 is 0 Å². The van der Waals surface area contributed by atoms with Crippen molar-refractivity contribution in [1.29, 1.82) is 0 Å². The Kier molecular flexibility index (Phi) is 3.34. The maximum absolute atomic E-state index is 5.74. The van der Waals surface area contributed by atoms with Crippen LogP contribution in [0.3, 0.4) is 0 Å². The highest BCUT2D eigenvalue weighted by Crippen LogP contribution is 2.31. The molecule has 2 nitrogen and oxygen atoms in total. The van der Waals surface area contributed by atoms with E-state index in [-0.39, 0.29) is 0 Å². The Morgan fingerprint density at radius 1 is 1.20 bits per heavy atom. The van der Waals surface area contributed by atoms with Gasteiger partial charge in [0, 0.05) is 11.3 Å². The van der Waals surface area contributed by atoms with Gasteiger partial charge in [0.25, 0.3) is 0 Å². The molecule has 0 atom stereocenters. The van der Waals surface area contributed by atoms with E-state index in [1.54, 1.807) is 0 Å². The van der Waals surface area contributed by atoms with Gasteiger partial charge in [-0.15, -0.1) is 0 Å². The second-order valence-corrected chi connectivity index (χ2v) is 4.14. The summed E-state index contributed by atoms with van der Waals surface area (Å²) >= 11 is 4.34. The van der Waals surface area contributed by atoms with Crippen LogP contribution in [0, 0.1) is 6.92 Å². The van der Waals surface area contributed by atoms with Gasteiger partial charge in [0.2, 0.25) is 5.79 Å². The van der Waals surface area contributed by atoms with Crippen LogP contribution < -0.4 is 0 Å². The van der Waals surface area contributed by atoms with Crippen molar-refractivity contribution in [2.45, 2.75) is 19.1 Å². The Hall–Kier alpha value is -0.510. The van der Waals surface area contributed by atoms with Crippen molar-refractivity contribution in [2.24, 2.45) is 0 Å². The fourth-order valence-electron chi connectivity index (χ4n) is 1.73. The highest BCUT2D eigenvalue weighted by atomic mass is 32.1. The Bertz CT molecular complexity index is 315. The van der Waals surface area contributed by atoms with Gasteiger partial charge in [-0.25, -0.2) is 0 Å². The van der Waals surface area contributed by atoms with Crippen molar-refractivity contribution in [3.05, 3.63) is 35.4 Å². The number of aryl methyl sites for hydroxylation is 1. The van der Waals surface area contributed by atoms with Gasteiger partial charge in [0.1, 0.15) is 0 Å². The van der Waals surface area contributed by atoms with Crippen molar-refractivity contribution >= 4 is 12.6 Å². The minimum absolute atomic E-state index is 0.552. The molecule has 0 saturated carbocycles. The van der Waals surface area contributed by atoms with Crippen LogP contribution in [-0.4, -0.2) is 19.0 Å². The minimum atomic E-state index is -0.630. The Morgan fingerprint density at radius 2 is 1.80 bits per heavy atom. The fourth-order valence-corrected chi connectivity index (χ4v) is 2.10. The van der Waals surface area contributed by atoms with E-state index in [1.807, 2.05) is 0 Å².